The zero-order valence-electron chi connectivity index (χ0n) is 14.1. The predicted molar refractivity (Wildman–Crippen MR) is 99.4 cm³/mol. The Balaban J connectivity index is 2.29. The first-order chi connectivity index (χ1) is 11.0. The van der Waals surface area contributed by atoms with Crippen LogP contribution in [0.15, 0.2) is 54.6 Å². The maximum Gasteiger partial charge on any atom is 0.0264 e. The van der Waals surface area contributed by atoms with Crippen LogP contribution in [0, 0.1) is 31.1 Å². The zero-order chi connectivity index (χ0) is 16.8. The van der Waals surface area contributed by atoms with Gasteiger partial charge in [0.25, 0.3) is 0 Å². The molecule has 0 fully saturated rings. The van der Waals surface area contributed by atoms with E-state index in [1.165, 1.54) is 16.7 Å². The maximum absolute atomic E-state index is 5.59. The monoisotopic (exact) mass is 298 g/mol. The minimum Gasteiger partial charge on any atom is -0.115 e. The standard InChI is InChI=1S/C23H22/c1-6-20-14-21(11-10-17(2)3)16-22(15-20)13-19(5)23-9-7-8-18(4)12-23/h1,7-9,12,14-16,19H,2,13H2,3-5H3. The van der Waals surface area contributed by atoms with Gasteiger partial charge in [0.15, 0.2) is 0 Å². The molecule has 1 atom stereocenters. The Bertz CT molecular complexity index is 819. The Hall–Kier alpha value is -2.70. The molecule has 1 unspecified atom stereocenters. The van der Waals surface area contributed by atoms with Crippen LogP contribution in [-0.2, 0) is 6.42 Å². The molecule has 0 N–H and O–H groups in total. The highest BCUT2D eigenvalue weighted by atomic mass is 14.1. The van der Waals surface area contributed by atoms with Gasteiger partial charge in [-0.25, -0.2) is 0 Å². The molecule has 0 spiro atoms. The van der Waals surface area contributed by atoms with E-state index in [0.717, 1.165) is 23.1 Å². The van der Waals surface area contributed by atoms with E-state index < -0.39 is 0 Å². The van der Waals surface area contributed by atoms with Crippen LogP contribution >= 0.6 is 0 Å². The van der Waals surface area contributed by atoms with Crippen LogP contribution in [0.4, 0.5) is 0 Å². The van der Waals surface area contributed by atoms with Crippen LogP contribution in [0.1, 0.15) is 47.6 Å². The van der Waals surface area contributed by atoms with E-state index in [1.54, 1.807) is 0 Å². The molecule has 0 aliphatic heterocycles. The Morgan fingerprint density at radius 2 is 1.91 bits per heavy atom. The fraction of sp³-hybridized carbons (Fsp3) is 0.217. The molecule has 0 radical (unpaired) electrons. The second-order valence-corrected chi connectivity index (χ2v) is 6.11. The van der Waals surface area contributed by atoms with Gasteiger partial charge in [0, 0.05) is 11.1 Å². The summed E-state index contributed by atoms with van der Waals surface area (Å²) in [7, 11) is 0. The Morgan fingerprint density at radius 1 is 1.17 bits per heavy atom. The number of hydrogen-bond acceptors (Lipinski definition) is 0. The van der Waals surface area contributed by atoms with Crippen LogP contribution in [-0.4, -0.2) is 0 Å². The third-order valence-corrected chi connectivity index (χ3v) is 3.73. The summed E-state index contributed by atoms with van der Waals surface area (Å²) < 4.78 is 0. The van der Waals surface area contributed by atoms with Gasteiger partial charge < -0.3 is 0 Å². The first kappa shape index (κ1) is 16.7. The van der Waals surface area contributed by atoms with E-state index in [-0.39, 0.29) is 0 Å². The number of allylic oxidation sites excluding steroid dienone is 1. The van der Waals surface area contributed by atoms with E-state index in [0.29, 0.717) is 5.92 Å². The van der Waals surface area contributed by atoms with Gasteiger partial charge in [-0.15, -0.1) is 6.42 Å². The van der Waals surface area contributed by atoms with Gasteiger partial charge in [-0.1, -0.05) is 61.1 Å². The molecule has 2 rings (SSSR count). The molecule has 2 aromatic rings. The number of aryl methyl sites for hydroxylation is 1. The van der Waals surface area contributed by atoms with Crippen LogP contribution in [0.25, 0.3) is 0 Å². The average Bonchev–Trinajstić information content (AvgIpc) is 2.52. The summed E-state index contributed by atoms with van der Waals surface area (Å²) in [5, 5.41) is 0. The first-order valence-corrected chi connectivity index (χ1v) is 7.82. The zero-order valence-corrected chi connectivity index (χ0v) is 14.1. The van der Waals surface area contributed by atoms with Gasteiger partial charge >= 0.3 is 0 Å². The molecular formula is C23H22. The molecule has 0 aromatic heterocycles. The lowest BCUT2D eigenvalue weighted by molar-refractivity contribution is 0.758. The third kappa shape index (κ3) is 4.91. The molecule has 0 heterocycles. The molecule has 0 saturated heterocycles. The SMILES string of the molecule is C#Cc1cc(C#CC(=C)C)cc(CC(C)c2cccc(C)c2)c1. The molecule has 23 heavy (non-hydrogen) atoms. The summed E-state index contributed by atoms with van der Waals surface area (Å²) >= 11 is 0. The van der Waals surface area contributed by atoms with Gasteiger partial charge in [-0.2, -0.15) is 0 Å². The van der Waals surface area contributed by atoms with Crippen molar-refractivity contribution in [3.05, 3.63) is 82.4 Å². The molecule has 114 valence electrons. The van der Waals surface area contributed by atoms with Crippen molar-refractivity contribution in [2.75, 3.05) is 0 Å². The van der Waals surface area contributed by atoms with E-state index in [1.807, 2.05) is 13.0 Å². The van der Waals surface area contributed by atoms with Crippen molar-refractivity contribution in [3.63, 3.8) is 0 Å². The largest absolute Gasteiger partial charge is 0.115 e. The van der Waals surface area contributed by atoms with Crippen molar-refractivity contribution < 1.29 is 0 Å². The van der Waals surface area contributed by atoms with Crippen molar-refractivity contribution in [1.29, 1.82) is 0 Å². The average molecular weight is 298 g/mol. The lowest BCUT2D eigenvalue weighted by Crippen LogP contribution is -2.00. The molecule has 0 bridgehead atoms. The number of hydrogen-bond donors (Lipinski definition) is 0. The normalized spacial score (nSPS) is 11.0. The van der Waals surface area contributed by atoms with E-state index in [9.17, 15) is 0 Å². The van der Waals surface area contributed by atoms with Crippen LogP contribution < -0.4 is 0 Å². The van der Waals surface area contributed by atoms with E-state index >= 15 is 0 Å². The van der Waals surface area contributed by atoms with E-state index in [4.69, 9.17) is 6.42 Å². The molecule has 0 aliphatic rings. The summed E-state index contributed by atoms with van der Waals surface area (Å²) in [6.07, 6.45) is 6.53. The Kier molecular flexibility index (Phi) is 5.46. The van der Waals surface area contributed by atoms with Crippen molar-refractivity contribution in [3.8, 4) is 24.2 Å². The fourth-order valence-electron chi connectivity index (χ4n) is 2.59. The molecule has 0 saturated carbocycles. The summed E-state index contributed by atoms with van der Waals surface area (Å²) in [5.41, 5.74) is 6.55. The minimum atomic E-state index is 0.435. The van der Waals surface area contributed by atoms with Crippen LogP contribution in [0.3, 0.4) is 0 Å². The summed E-state index contributed by atoms with van der Waals surface area (Å²) in [6, 6.07) is 14.8. The second kappa shape index (κ2) is 7.53. The highest BCUT2D eigenvalue weighted by molar-refractivity contribution is 5.48. The van der Waals surface area contributed by atoms with Crippen LogP contribution in [0.2, 0.25) is 0 Å². The molecule has 0 aliphatic carbocycles. The molecule has 2 aromatic carbocycles. The molecule has 0 nitrogen and oxygen atoms in total. The topological polar surface area (TPSA) is 0 Å². The fourth-order valence-corrected chi connectivity index (χ4v) is 2.59. The number of rotatable bonds is 3. The third-order valence-electron chi connectivity index (χ3n) is 3.73. The Morgan fingerprint density at radius 3 is 2.57 bits per heavy atom. The summed E-state index contributed by atoms with van der Waals surface area (Å²) in [6.45, 7) is 10.1. The molecule has 0 amide bonds. The highest BCUT2D eigenvalue weighted by Crippen LogP contribution is 2.22. The first-order valence-electron chi connectivity index (χ1n) is 7.82. The maximum atomic E-state index is 5.59. The minimum absolute atomic E-state index is 0.435. The lowest BCUT2D eigenvalue weighted by Gasteiger charge is -2.13. The van der Waals surface area contributed by atoms with Crippen molar-refractivity contribution in [2.24, 2.45) is 0 Å². The quantitative estimate of drug-likeness (QED) is 0.679. The summed E-state index contributed by atoms with van der Waals surface area (Å²) in [5.74, 6) is 9.32. The van der Waals surface area contributed by atoms with Crippen molar-refractivity contribution >= 4 is 0 Å². The smallest absolute Gasteiger partial charge is 0.0264 e. The molecule has 0 heteroatoms. The predicted octanol–water partition coefficient (Wildman–Crippen LogP) is 5.25. The van der Waals surface area contributed by atoms with Gasteiger partial charge in [0.1, 0.15) is 0 Å². The number of benzene rings is 2. The number of terminal acetylenes is 1. The molecular weight excluding hydrogens is 276 g/mol. The van der Waals surface area contributed by atoms with Gasteiger partial charge in [-0.3, -0.25) is 0 Å². The van der Waals surface area contributed by atoms with Gasteiger partial charge in [0.2, 0.25) is 0 Å². The van der Waals surface area contributed by atoms with Crippen molar-refractivity contribution in [2.45, 2.75) is 33.1 Å². The highest BCUT2D eigenvalue weighted by Gasteiger charge is 2.08. The Labute approximate surface area is 140 Å². The second-order valence-electron chi connectivity index (χ2n) is 6.11. The van der Waals surface area contributed by atoms with Gasteiger partial charge in [-0.05, 0) is 61.1 Å². The van der Waals surface area contributed by atoms with E-state index in [2.05, 4.69) is 74.6 Å². The van der Waals surface area contributed by atoms with Gasteiger partial charge in [0.05, 0.1) is 0 Å². The van der Waals surface area contributed by atoms with Crippen molar-refractivity contribution in [1.82, 2.24) is 0 Å². The lowest BCUT2D eigenvalue weighted by atomic mass is 9.91. The van der Waals surface area contributed by atoms with Crippen LogP contribution in [0.5, 0.6) is 0 Å². The summed E-state index contributed by atoms with van der Waals surface area (Å²) in [4.78, 5) is 0.